The lowest BCUT2D eigenvalue weighted by Crippen LogP contribution is -2.46. The summed E-state index contributed by atoms with van der Waals surface area (Å²) in [7, 11) is 0. The van der Waals surface area contributed by atoms with Crippen LogP contribution in [0.25, 0.3) is 0 Å². The van der Waals surface area contributed by atoms with Gasteiger partial charge in [-0.25, -0.2) is 9.00 Å². The Bertz CT molecular complexity index is 582. The molecular weight excluding hydrogens is 304 g/mol. The van der Waals surface area contributed by atoms with Crippen molar-refractivity contribution < 1.29 is 18.3 Å². The number of carbonyl (C=O) groups excluding carboxylic acids is 1. The second-order valence-corrected chi connectivity index (χ2v) is 6.78. The van der Waals surface area contributed by atoms with Gasteiger partial charge in [-0.2, -0.15) is 0 Å². The van der Waals surface area contributed by atoms with E-state index in [4.69, 9.17) is 9.29 Å². The van der Waals surface area contributed by atoms with E-state index < -0.39 is 11.1 Å². The molecule has 0 aliphatic carbocycles. The number of hydrogen-bond acceptors (Lipinski definition) is 4. The minimum atomic E-state index is -2.00. The standard InChI is InChI=1S/C15H20N2O4S/c1-2-16-9-7-15(8-10-16)11-17(14(18)21-15)12-3-5-13(6-4-12)22(19)20/h3-6H,2,7-11H2,1H3,(H,19,20). The van der Waals surface area contributed by atoms with Gasteiger partial charge in [0, 0.05) is 31.6 Å². The number of carbonyl (C=O) groups is 1. The zero-order valence-corrected chi connectivity index (χ0v) is 13.3. The first kappa shape index (κ1) is 15.5. The number of likely N-dealkylation sites (tertiary alicyclic amines) is 1. The molecule has 6 nitrogen and oxygen atoms in total. The van der Waals surface area contributed by atoms with E-state index in [0.717, 1.165) is 32.5 Å². The SMILES string of the molecule is CCN1CCC2(CC1)CN(c1ccc(S(=O)O)cc1)C(=O)O2. The first-order chi connectivity index (χ1) is 10.5. The molecule has 120 valence electrons. The lowest BCUT2D eigenvalue weighted by molar-refractivity contribution is 0.00222. The minimum absolute atomic E-state index is 0.322. The number of benzene rings is 1. The molecule has 2 heterocycles. The Labute approximate surface area is 132 Å². The Morgan fingerprint density at radius 3 is 2.45 bits per heavy atom. The van der Waals surface area contributed by atoms with Gasteiger partial charge in [-0.15, -0.1) is 0 Å². The van der Waals surface area contributed by atoms with Gasteiger partial charge in [-0.05, 0) is 30.8 Å². The Balaban J connectivity index is 1.73. The van der Waals surface area contributed by atoms with Crippen LogP contribution in [-0.2, 0) is 15.8 Å². The van der Waals surface area contributed by atoms with Gasteiger partial charge >= 0.3 is 6.09 Å². The fraction of sp³-hybridized carbons (Fsp3) is 0.533. The van der Waals surface area contributed by atoms with E-state index in [0.29, 0.717) is 17.1 Å². The normalized spacial score (nSPS) is 22.8. The van der Waals surface area contributed by atoms with E-state index in [2.05, 4.69) is 11.8 Å². The van der Waals surface area contributed by atoms with Crippen molar-refractivity contribution in [2.45, 2.75) is 30.3 Å². The van der Waals surface area contributed by atoms with Gasteiger partial charge in [0.1, 0.15) is 5.60 Å². The molecule has 1 atom stereocenters. The van der Waals surface area contributed by atoms with Crippen molar-refractivity contribution in [3.63, 3.8) is 0 Å². The lowest BCUT2D eigenvalue weighted by Gasteiger charge is -2.36. The molecule has 1 aromatic rings. The first-order valence-electron chi connectivity index (χ1n) is 7.47. The summed E-state index contributed by atoms with van der Waals surface area (Å²) in [5.74, 6) is 0. The van der Waals surface area contributed by atoms with Gasteiger partial charge < -0.3 is 14.2 Å². The maximum absolute atomic E-state index is 12.2. The molecule has 0 bridgehead atoms. The summed E-state index contributed by atoms with van der Waals surface area (Å²) >= 11 is -2.00. The van der Waals surface area contributed by atoms with Gasteiger partial charge in [-0.3, -0.25) is 4.90 Å². The van der Waals surface area contributed by atoms with Crippen LogP contribution in [0.5, 0.6) is 0 Å². The van der Waals surface area contributed by atoms with Gasteiger partial charge in [0.15, 0.2) is 11.1 Å². The third-order valence-electron chi connectivity index (χ3n) is 4.54. The molecule has 1 aromatic carbocycles. The fourth-order valence-electron chi connectivity index (χ4n) is 3.10. The van der Waals surface area contributed by atoms with Crippen LogP contribution in [0, 0.1) is 0 Å². The summed E-state index contributed by atoms with van der Waals surface area (Å²) in [5, 5.41) is 0. The molecular formula is C15H20N2O4S. The van der Waals surface area contributed by atoms with Gasteiger partial charge in [-0.1, -0.05) is 6.92 Å². The zero-order chi connectivity index (χ0) is 15.7. The highest BCUT2D eigenvalue weighted by atomic mass is 32.2. The molecule has 1 unspecified atom stereocenters. The molecule has 0 saturated carbocycles. The Hall–Kier alpha value is -1.44. The molecule has 2 aliphatic heterocycles. The van der Waals surface area contributed by atoms with Crippen LogP contribution < -0.4 is 4.90 Å². The molecule has 3 rings (SSSR count). The fourth-order valence-corrected chi connectivity index (χ4v) is 3.47. The summed E-state index contributed by atoms with van der Waals surface area (Å²) in [6, 6.07) is 6.49. The van der Waals surface area contributed by atoms with Crippen molar-refractivity contribution in [1.29, 1.82) is 0 Å². The van der Waals surface area contributed by atoms with Crippen molar-refractivity contribution in [3.8, 4) is 0 Å². The Morgan fingerprint density at radius 2 is 1.91 bits per heavy atom. The van der Waals surface area contributed by atoms with Crippen LogP contribution in [0.15, 0.2) is 29.2 Å². The molecule has 7 heteroatoms. The highest BCUT2D eigenvalue weighted by molar-refractivity contribution is 7.79. The molecule has 2 saturated heterocycles. The number of nitrogens with zero attached hydrogens (tertiary/aromatic N) is 2. The van der Waals surface area contributed by atoms with Crippen molar-refractivity contribution in [2.24, 2.45) is 0 Å². The molecule has 22 heavy (non-hydrogen) atoms. The van der Waals surface area contributed by atoms with Crippen molar-refractivity contribution in [3.05, 3.63) is 24.3 Å². The van der Waals surface area contributed by atoms with E-state index in [9.17, 15) is 9.00 Å². The molecule has 0 aromatic heterocycles. The summed E-state index contributed by atoms with van der Waals surface area (Å²) in [5.41, 5.74) is 0.315. The van der Waals surface area contributed by atoms with Crippen molar-refractivity contribution >= 4 is 22.9 Å². The molecule has 1 N–H and O–H groups in total. The smallest absolute Gasteiger partial charge is 0.415 e. The summed E-state index contributed by atoms with van der Waals surface area (Å²) in [6.07, 6.45) is 1.37. The number of hydrogen-bond donors (Lipinski definition) is 1. The summed E-state index contributed by atoms with van der Waals surface area (Å²) < 4.78 is 25.7. The van der Waals surface area contributed by atoms with Crippen LogP contribution in [0.1, 0.15) is 19.8 Å². The highest BCUT2D eigenvalue weighted by Crippen LogP contribution is 2.35. The van der Waals surface area contributed by atoms with Crippen LogP contribution in [-0.4, -0.2) is 51.5 Å². The number of ether oxygens (including phenoxy) is 1. The quantitative estimate of drug-likeness (QED) is 0.862. The maximum Gasteiger partial charge on any atom is 0.415 e. The molecule has 0 radical (unpaired) electrons. The van der Waals surface area contributed by atoms with E-state index >= 15 is 0 Å². The minimum Gasteiger partial charge on any atom is -0.441 e. The van der Waals surface area contributed by atoms with Gasteiger partial charge in [0.2, 0.25) is 0 Å². The van der Waals surface area contributed by atoms with Gasteiger partial charge in [0.25, 0.3) is 0 Å². The Kier molecular flexibility index (Phi) is 4.20. The van der Waals surface area contributed by atoms with Gasteiger partial charge in [0.05, 0.1) is 11.4 Å². The predicted molar refractivity (Wildman–Crippen MR) is 83.4 cm³/mol. The Morgan fingerprint density at radius 1 is 1.27 bits per heavy atom. The van der Waals surface area contributed by atoms with E-state index in [1.54, 1.807) is 29.2 Å². The maximum atomic E-state index is 12.2. The molecule has 2 aliphatic rings. The number of rotatable bonds is 3. The summed E-state index contributed by atoms with van der Waals surface area (Å²) in [6.45, 7) is 5.59. The molecule has 1 amide bonds. The van der Waals surface area contributed by atoms with E-state index in [-0.39, 0.29) is 11.7 Å². The monoisotopic (exact) mass is 324 g/mol. The second-order valence-electron chi connectivity index (χ2n) is 5.81. The number of piperidine rings is 1. The number of anilines is 1. The average molecular weight is 324 g/mol. The van der Waals surface area contributed by atoms with E-state index in [1.807, 2.05) is 0 Å². The molecule has 2 fully saturated rings. The van der Waals surface area contributed by atoms with Crippen molar-refractivity contribution in [2.75, 3.05) is 31.1 Å². The van der Waals surface area contributed by atoms with E-state index in [1.165, 1.54) is 0 Å². The topological polar surface area (TPSA) is 70.1 Å². The highest BCUT2D eigenvalue weighted by Gasteiger charge is 2.47. The third-order valence-corrected chi connectivity index (χ3v) is 5.21. The average Bonchev–Trinajstić information content (AvgIpc) is 2.84. The number of amides is 1. The van der Waals surface area contributed by atoms with Crippen LogP contribution in [0.3, 0.4) is 0 Å². The zero-order valence-electron chi connectivity index (χ0n) is 12.5. The predicted octanol–water partition coefficient (Wildman–Crippen LogP) is 2.08. The van der Waals surface area contributed by atoms with Crippen molar-refractivity contribution in [1.82, 2.24) is 4.90 Å². The summed E-state index contributed by atoms with van der Waals surface area (Å²) in [4.78, 5) is 16.5. The molecule has 1 spiro atoms. The van der Waals surface area contributed by atoms with Crippen LogP contribution in [0.4, 0.5) is 10.5 Å². The van der Waals surface area contributed by atoms with Crippen LogP contribution >= 0.6 is 0 Å². The second kappa shape index (κ2) is 5.98. The lowest BCUT2D eigenvalue weighted by atomic mass is 9.91. The third kappa shape index (κ3) is 2.88. The van der Waals surface area contributed by atoms with Crippen LogP contribution in [0.2, 0.25) is 0 Å². The first-order valence-corrected chi connectivity index (χ1v) is 8.57. The largest absolute Gasteiger partial charge is 0.441 e.